The predicted molar refractivity (Wildman–Crippen MR) is 110 cm³/mol. The molecular weight excluding hydrogens is 386 g/mol. The molecule has 0 spiro atoms. The monoisotopic (exact) mass is 425 g/mol. The number of nitrogens with two attached hydrogens (primary N) is 1. The maximum absolute atomic E-state index is 11.6. The Bertz CT molecular complexity index is 452. The summed E-state index contributed by atoms with van der Waals surface area (Å²) in [5, 5.41) is 37.1. The molecule has 2 rings (SSSR count). The lowest BCUT2D eigenvalue weighted by Crippen LogP contribution is -2.41. The SMILES string of the molecule is CC(C)(C)OC(=O)CC1CCC(O)(CO)CC1.Cl.NC1CCC(O)(CO)CC1. The summed E-state index contributed by atoms with van der Waals surface area (Å²) in [6.07, 6.45) is 6.04. The topological polar surface area (TPSA) is 133 Å². The van der Waals surface area contributed by atoms with Crippen LogP contribution in [0.3, 0.4) is 0 Å². The van der Waals surface area contributed by atoms with Crippen LogP contribution in [0, 0.1) is 5.92 Å². The van der Waals surface area contributed by atoms with Crippen LogP contribution in [-0.4, -0.2) is 62.5 Å². The van der Waals surface area contributed by atoms with Crippen LogP contribution in [0.4, 0.5) is 0 Å². The van der Waals surface area contributed by atoms with Crippen molar-refractivity contribution in [3.8, 4) is 0 Å². The fourth-order valence-corrected chi connectivity index (χ4v) is 3.53. The van der Waals surface area contributed by atoms with Gasteiger partial charge in [-0.15, -0.1) is 12.4 Å². The molecule has 2 fully saturated rings. The van der Waals surface area contributed by atoms with Gasteiger partial charge in [-0.05, 0) is 78.1 Å². The van der Waals surface area contributed by atoms with Gasteiger partial charge in [-0.1, -0.05) is 0 Å². The van der Waals surface area contributed by atoms with Crippen LogP contribution >= 0.6 is 12.4 Å². The van der Waals surface area contributed by atoms with Crippen molar-refractivity contribution in [2.45, 2.75) is 101 Å². The summed E-state index contributed by atoms with van der Waals surface area (Å²) < 4.78 is 5.27. The van der Waals surface area contributed by atoms with Crippen molar-refractivity contribution in [1.29, 1.82) is 0 Å². The third kappa shape index (κ3) is 10.4. The lowest BCUT2D eigenvalue weighted by Gasteiger charge is -2.34. The third-order valence-electron chi connectivity index (χ3n) is 5.46. The fourth-order valence-electron chi connectivity index (χ4n) is 3.53. The summed E-state index contributed by atoms with van der Waals surface area (Å²) in [4.78, 5) is 11.6. The molecule has 0 radical (unpaired) electrons. The van der Waals surface area contributed by atoms with E-state index in [0.717, 1.165) is 25.7 Å². The normalized spacial score (nSPS) is 33.1. The van der Waals surface area contributed by atoms with E-state index in [1.807, 2.05) is 20.8 Å². The number of rotatable bonds is 4. The smallest absolute Gasteiger partial charge is 0.306 e. The number of carbonyl (C=O) groups excluding carboxylic acids is 1. The summed E-state index contributed by atoms with van der Waals surface area (Å²) in [5.41, 5.74) is 3.44. The molecule has 168 valence electrons. The van der Waals surface area contributed by atoms with Crippen LogP contribution < -0.4 is 5.73 Å². The maximum atomic E-state index is 11.6. The van der Waals surface area contributed by atoms with Crippen molar-refractivity contribution >= 4 is 18.4 Å². The van der Waals surface area contributed by atoms with E-state index in [1.165, 1.54) is 0 Å². The van der Waals surface area contributed by atoms with E-state index in [2.05, 4.69) is 0 Å². The summed E-state index contributed by atoms with van der Waals surface area (Å²) in [7, 11) is 0. The predicted octanol–water partition coefficient (Wildman–Crippen LogP) is 1.66. The second-order valence-electron chi connectivity index (χ2n) is 9.34. The van der Waals surface area contributed by atoms with Crippen molar-refractivity contribution in [2.75, 3.05) is 13.2 Å². The summed E-state index contributed by atoms with van der Waals surface area (Å²) in [5.74, 6) is 0.105. The van der Waals surface area contributed by atoms with Crippen LogP contribution in [-0.2, 0) is 9.53 Å². The van der Waals surface area contributed by atoms with E-state index in [0.29, 0.717) is 32.1 Å². The molecule has 0 bridgehead atoms. The van der Waals surface area contributed by atoms with Gasteiger partial charge in [-0.25, -0.2) is 0 Å². The first-order valence-corrected chi connectivity index (χ1v) is 10.0. The Hall–Kier alpha value is -0.440. The Labute approximate surface area is 175 Å². The molecule has 0 unspecified atom stereocenters. The molecule has 2 aliphatic rings. The van der Waals surface area contributed by atoms with E-state index in [1.54, 1.807) is 0 Å². The van der Waals surface area contributed by atoms with Gasteiger partial charge >= 0.3 is 5.97 Å². The first-order chi connectivity index (χ1) is 12.4. The first kappa shape index (κ1) is 27.6. The average Bonchev–Trinajstić information content (AvgIpc) is 2.59. The van der Waals surface area contributed by atoms with Crippen LogP contribution in [0.25, 0.3) is 0 Å². The molecule has 2 aliphatic carbocycles. The highest BCUT2D eigenvalue weighted by molar-refractivity contribution is 5.85. The quantitative estimate of drug-likeness (QED) is 0.432. The van der Waals surface area contributed by atoms with E-state index < -0.39 is 16.8 Å². The molecule has 6 N–H and O–H groups in total. The molecule has 0 aromatic carbocycles. The highest BCUT2D eigenvalue weighted by Crippen LogP contribution is 2.33. The zero-order valence-electron chi connectivity index (χ0n) is 17.5. The molecule has 28 heavy (non-hydrogen) atoms. The van der Waals surface area contributed by atoms with Crippen molar-refractivity contribution in [1.82, 2.24) is 0 Å². The van der Waals surface area contributed by atoms with E-state index in [9.17, 15) is 15.0 Å². The number of hydrogen-bond donors (Lipinski definition) is 5. The highest BCUT2D eigenvalue weighted by atomic mass is 35.5. The largest absolute Gasteiger partial charge is 0.460 e. The Kier molecular flexibility index (Phi) is 11.5. The number of esters is 1. The van der Waals surface area contributed by atoms with Gasteiger partial charge in [0.15, 0.2) is 0 Å². The molecule has 7 nitrogen and oxygen atoms in total. The maximum Gasteiger partial charge on any atom is 0.306 e. The molecule has 0 aromatic rings. The van der Waals surface area contributed by atoms with Crippen LogP contribution in [0.2, 0.25) is 0 Å². The van der Waals surface area contributed by atoms with E-state index in [4.69, 9.17) is 20.7 Å². The van der Waals surface area contributed by atoms with Gasteiger partial charge in [0.2, 0.25) is 0 Å². The first-order valence-electron chi connectivity index (χ1n) is 10.0. The van der Waals surface area contributed by atoms with Gasteiger partial charge in [0.05, 0.1) is 24.4 Å². The van der Waals surface area contributed by atoms with Crippen molar-refractivity contribution < 1.29 is 30.0 Å². The summed E-state index contributed by atoms with van der Waals surface area (Å²) in [6, 6.07) is 0.229. The number of halogens is 1. The molecule has 2 saturated carbocycles. The Morgan fingerprint density at radius 2 is 1.36 bits per heavy atom. The van der Waals surface area contributed by atoms with Crippen molar-refractivity contribution in [3.05, 3.63) is 0 Å². The zero-order valence-corrected chi connectivity index (χ0v) is 18.3. The Balaban J connectivity index is 0.000000567. The van der Waals surface area contributed by atoms with Gasteiger partial charge in [0, 0.05) is 12.5 Å². The highest BCUT2D eigenvalue weighted by Gasteiger charge is 2.34. The van der Waals surface area contributed by atoms with Crippen LogP contribution in [0.5, 0.6) is 0 Å². The lowest BCUT2D eigenvalue weighted by molar-refractivity contribution is -0.157. The van der Waals surface area contributed by atoms with Crippen LogP contribution in [0.1, 0.15) is 78.6 Å². The Morgan fingerprint density at radius 3 is 1.71 bits per heavy atom. The number of carbonyl (C=O) groups is 1. The molecule has 0 atom stereocenters. The zero-order chi connectivity index (χ0) is 20.7. The third-order valence-corrected chi connectivity index (χ3v) is 5.46. The summed E-state index contributed by atoms with van der Waals surface area (Å²) in [6.45, 7) is 5.26. The van der Waals surface area contributed by atoms with Gasteiger partial charge in [-0.3, -0.25) is 4.79 Å². The molecular formula is C20H40ClNO6. The molecule has 0 amide bonds. The second-order valence-corrected chi connectivity index (χ2v) is 9.34. The second kappa shape index (κ2) is 11.7. The molecule has 0 aromatic heterocycles. The van der Waals surface area contributed by atoms with Gasteiger partial charge in [-0.2, -0.15) is 0 Å². The van der Waals surface area contributed by atoms with Crippen molar-refractivity contribution in [2.24, 2.45) is 11.7 Å². The average molecular weight is 426 g/mol. The van der Waals surface area contributed by atoms with E-state index >= 15 is 0 Å². The van der Waals surface area contributed by atoms with Crippen LogP contribution in [0.15, 0.2) is 0 Å². The fraction of sp³-hybridized carbons (Fsp3) is 0.950. The number of aliphatic hydroxyl groups excluding tert-OH is 2. The number of ether oxygens (including phenoxy) is 1. The van der Waals surface area contributed by atoms with Gasteiger partial charge < -0.3 is 30.9 Å². The minimum absolute atomic E-state index is 0. The molecule has 0 saturated heterocycles. The summed E-state index contributed by atoms with van der Waals surface area (Å²) >= 11 is 0. The lowest BCUT2D eigenvalue weighted by atomic mass is 9.78. The minimum Gasteiger partial charge on any atom is -0.460 e. The van der Waals surface area contributed by atoms with Gasteiger partial charge in [0.25, 0.3) is 0 Å². The standard InChI is InChI=1S/C13H24O4.C7H15NO2.ClH/c1-12(2,3)17-11(15)8-10-4-6-13(16,9-14)7-5-10;8-6-1-3-7(10,5-9)4-2-6;/h10,14,16H,4-9H2,1-3H3;6,9-10H,1-5,8H2;1H. The number of hydrogen-bond acceptors (Lipinski definition) is 7. The van der Waals surface area contributed by atoms with E-state index in [-0.39, 0.29) is 43.5 Å². The Morgan fingerprint density at radius 1 is 0.964 bits per heavy atom. The molecule has 0 heterocycles. The molecule has 8 heteroatoms. The van der Waals surface area contributed by atoms with Crippen molar-refractivity contribution in [3.63, 3.8) is 0 Å². The van der Waals surface area contributed by atoms with Gasteiger partial charge in [0.1, 0.15) is 5.60 Å². The number of aliphatic hydroxyl groups is 4. The minimum atomic E-state index is -0.926. The molecule has 0 aliphatic heterocycles.